The van der Waals surface area contributed by atoms with Crippen LogP contribution >= 0.6 is 0 Å². The van der Waals surface area contributed by atoms with Crippen LogP contribution in [0.3, 0.4) is 0 Å². The minimum absolute atomic E-state index is 0.00296. The van der Waals surface area contributed by atoms with Gasteiger partial charge in [0.25, 0.3) is 0 Å². The predicted octanol–water partition coefficient (Wildman–Crippen LogP) is 2.22. The Balaban J connectivity index is 2.00. The summed E-state index contributed by atoms with van der Waals surface area (Å²) in [5.41, 5.74) is 1.14. The zero-order valence-corrected chi connectivity index (χ0v) is 15.9. The van der Waals surface area contributed by atoms with Gasteiger partial charge in [0.1, 0.15) is 0 Å². The lowest BCUT2D eigenvalue weighted by molar-refractivity contribution is -0.141. The molecule has 0 aliphatic carbocycles. The molecule has 0 saturated carbocycles. The fourth-order valence-corrected chi connectivity index (χ4v) is 3.49. The van der Waals surface area contributed by atoms with Crippen LogP contribution in [0.25, 0.3) is 0 Å². The number of rotatable bonds is 6. The number of piperidine rings is 1. The van der Waals surface area contributed by atoms with Gasteiger partial charge in [-0.25, -0.2) is 0 Å². The van der Waals surface area contributed by atoms with Crippen LogP contribution in [-0.4, -0.2) is 66.3 Å². The molecule has 1 saturated heterocycles. The third-order valence-corrected chi connectivity index (χ3v) is 5.06. The molecular weight excluding hydrogens is 314 g/mol. The van der Waals surface area contributed by atoms with E-state index in [0.717, 1.165) is 24.9 Å². The van der Waals surface area contributed by atoms with Gasteiger partial charge in [-0.15, -0.1) is 0 Å². The molecule has 2 amide bonds. The van der Waals surface area contributed by atoms with Gasteiger partial charge < -0.3 is 9.80 Å². The topological polar surface area (TPSA) is 43.9 Å². The highest BCUT2D eigenvalue weighted by Gasteiger charge is 2.32. The van der Waals surface area contributed by atoms with Crippen LogP contribution in [0, 0.1) is 5.92 Å². The number of nitrogens with zero attached hydrogens (tertiary/aromatic N) is 3. The molecule has 0 spiro atoms. The lowest BCUT2D eigenvalue weighted by Gasteiger charge is -2.38. The van der Waals surface area contributed by atoms with Crippen molar-refractivity contribution in [2.24, 2.45) is 5.92 Å². The summed E-state index contributed by atoms with van der Waals surface area (Å²) in [6.45, 7) is 6.86. The first-order valence-corrected chi connectivity index (χ1v) is 9.22. The summed E-state index contributed by atoms with van der Waals surface area (Å²) < 4.78 is 0. The molecular formula is C20H31N3O2. The summed E-state index contributed by atoms with van der Waals surface area (Å²) in [5, 5.41) is 0. The number of likely N-dealkylation sites (N-methyl/N-ethyl adjacent to an activating group) is 1. The van der Waals surface area contributed by atoms with Gasteiger partial charge in [0.2, 0.25) is 11.8 Å². The van der Waals surface area contributed by atoms with Crippen LogP contribution in [0.5, 0.6) is 0 Å². The monoisotopic (exact) mass is 345 g/mol. The molecule has 5 heteroatoms. The fourth-order valence-electron chi connectivity index (χ4n) is 3.49. The predicted molar refractivity (Wildman–Crippen MR) is 100.0 cm³/mol. The van der Waals surface area contributed by atoms with E-state index in [0.29, 0.717) is 19.6 Å². The van der Waals surface area contributed by atoms with E-state index >= 15 is 0 Å². The van der Waals surface area contributed by atoms with Gasteiger partial charge in [-0.3, -0.25) is 14.5 Å². The van der Waals surface area contributed by atoms with E-state index in [9.17, 15) is 9.59 Å². The summed E-state index contributed by atoms with van der Waals surface area (Å²) in [5.74, 6) is 0.313. The minimum Gasteiger partial charge on any atom is -0.349 e. The molecule has 1 fully saturated rings. The Hall–Kier alpha value is -1.88. The second-order valence-corrected chi connectivity index (χ2v) is 7.08. The second kappa shape index (κ2) is 8.99. The average molecular weight is 345 g/mol. The van der Waals surface area contributed by atoms with E-state index in [1.165, 1.54) is 0 Å². The quantitative estimate of drug-likeness (QED) is 0.794. The largest absolute Gasteiger partial charge is 0.349 e. The van der Waals surface area contributed by atoms with Gasteiger partial charge in [0, 0.05) is 33.7 Å². The van der Waals surface area contributed by atoms with E-state index < -0.39 is 0 Å². The smallest absolute Gasteiger partial charge is 0.239 e. The van der Waals surface area contributed by atoms with Crippen LogP contribution in [0.1, 0.15) is 32.3 Å². The number of benzene rings is 1. The van der Waals surface area contributed by atoms with Crippen molar-refractivity contribution in [2.75, 3.05) is 33.7 Å². The van der Waals surface area contributed by atoms with Gasteiger partial charge in [-0.1, -0.05) is 30.3 Å². The second-order valence-electron chi connectivity index (χ2n) is 7.08. The molecule has 5 nitrogen and oxygen atoms in total. The lowest BCUT2D eigenvalue weighted by Crippen LogP contribution is -2.52. The van der Waals surface area contributed by atoms with E-state index in [1.54, 1.807) is 19.0 Å². The molecule has 0 bridgehead atoms. The Kier molecular flexibility index (Phi) is 7.00. The summed E-state index contributed by atoms with van der Waals surface area (Å²) in [6, 6.07) is 9.89. The molecule has 1 aliphatic rings. The minimum atomic E-state index is -0.193. The number of hydrogen-bond acceptors (Lipinski definition) is 3. The first kappa shape index (κ1) is 19.4. The van der Waals surface area contributed by atoms with Crippen molar-refractivity contribution < 1.29 is 9.59 Å². The summed E-state index contributed by atoms with van der Waals surface area (Å²) >= 11 is 0. The molecule has 25 heavy (non-hydrogen) atoms. The van der Waals surface area contributed by atoms with Crippen molar-refractivity contribution in [1.29, 1.82) is 0 Å². The molecule has 1 heterocycles. The van der Waals surface area contributed by atoms with Crippen LogP contribution in [0.4, 0.5) is 0 Å². The van der Waals surface area contributed by atoms with E-state index in [-0.39, 0.29) is 23.8 Å². The Labute approximate surface area is 151 Å². The highest BCUT2D eigenvalue weighted by atomic mass is 16.2. The van der Waals surface area contributed by atoms with Crippen LogP contribution in [0.15, 0.2) is 30.3 Å². The van der Waals surface area contributed by atoms with E-state index in [1.807, 2.05) is 49.1 Å². The normalized spacial score (nSPS) is 19.3. The molecule has 0 N–H and O–H groups in total. The van der Waals surface area contributed by atoms with Gasteiger partial charge >= 0.3 is 0 Å². The van der Waals surface area contributed by atoms with Gasteiger partial charge in [-0.05, 0) is 38.8 Å². The molecule has 2 unspecified atom stereocenters. The highest BCUT2D eigenvalue weighted by molar-refractivity contribution is 5.82. The summed E-state index contributed by atoms with van der Waals surface area (Å²) in [7, 11) is 3.60. The zero-order valence-electron chi connectivity index (χ0n) is 15.9. The Morgan fingerprint density at radius 1 is 1.24 bits per heavy atom. The third-order valence-electron chi connectivity index (χ3n) is 5.06. The van der Waals surface area contributed by atoms with Crippen LogP contribution < -0.4 is 0 Å². The number of hydrogen-bond donors (Lipinski definition) is 0. The van der Waals surface area contributed by atoms with Crippen molar-refractivity contribution in [3.8, 4) is 0 Å². The van der Waals surface area contributed by atoms with Gasteiger partial charge in [0.15, 0.2) is 0 Å². The van der Waals surface area contributed by atoms with E-state index in [4.69, 9.17) is 0 Å². The van der Waals surface area contributed by atoms with Crippen molar-refractivity contribution in [1.82, 2.24) is 14.7 Å². The lowest BCUT2D eigenvalue weighted by atomic mass is 9.95. The fraction of sp³-hybridized carbons (Fsp3) is 0.600. The van der Waals surface area contributed by atoms with Gasteiger partial charge in [0.05, 0.1) is 12.0 Å². The number of likely N-dealkylation sites (tertiary alicyclic amines) is 1. The first-order valence-electron chi connectivity index (χ1n) is 9.22. The summed E-state index contributed by atoms with van der Waals surface area (Å²) in [6.07, 6.45) is 1.88. The molecule has 1 aromatic rings. The van der Waals surface area contributed by atoms with Crippen LogP contribution in [0.2, 0.25) is 0 Å². The Morgan fingerprint density at radius 3 is 2.52 bits per heavy atom. The summed E-state index contributed by atoms with van der Waals surface area (Å²) in [4.78, 5) is 31.0. The first-order chi connectivity index (χ1) is 11.9. The van der Waals surface area contributed by atoms with Crippen molar-refractivity contribution >= 4 is 11.8 Å². The number of carbonyl (C=O) groups is 2. The van der Waals surface area contributed by atoms with E-state index in [2.05, 4.69) is 4.90 Å². The van der Waals surface area contributed by atoms with Crippen molar-refractivity contribution in [3.63, 3.8) is 0 Å². The molecule has 0 radical (unpaired) electrons. The number of amides is 2. The maximum atomic E-state index is 13.0. The highest BCUT2D eigenvalue weighted by Crippen LogP contribution is 2.21. The standard InChI is InChI=1S/C20H31N3O2/c1-5-22(14-17-10-7-6-8-11-17)19(24)16(2)23-13-9-12-18(15-23)20(25)21(3)4/h6-8,10-11,16,18H,5,9,12-15H2,1-4H3. The van der Waals surface area contributed by atoms with Crippen molar-refractivity contribution in [2.45, 2.75) is 39.3 Å². The maximum absolute atomic E-state index is 13.0. The van der Waals surface area contributed by atoms with Crippen LogP contribution in [-0.2, 0) is 16.1 Å². The molecule has 138 valence electrons. The molecule has 0 aromatic heterocycles. The average Bonchev–Trinajstić information content (AvgIpc) is 2.65. The zero-order chi connectivity index (χ0) is 18.4. The SMILES string of the molecule is CCN(Cc1ccccc1)C(=O)C(C)N1CCCC(C(=O)N(C)C)C1. The third kappa shape index (κ3) is 5.05. The maximum Gasteiger partial charge on any atom is 0.239 e. The molecule has 1 aliphatic heterocycles. The van der Waals surface area contributed by atoms with Crippen molar-refractivity contribution in [3.05, 3.63) is 35.9 Å². The van der Waals surface area contributed by atoms with Gasteiger partial charge in [-0.2, -0.15) is 0 Å². The molecule has 1 aromatic carbocycles. The Bertz CT molecular complexity index is 574. The molecule has 2 rings (SSSR count). The Morgan fingerprint density at radius 2 is 1.92 bits per heavy atom. The number of carbonyl (C=O) groups excluding carboxylic acids is 2. The molecule has 2 atom stereocenters.